The third kappa shape index (κ3) is 2.87. The number of hydrogen-bond donors (Lipinski definition) is 2. The van der Waals surface area contributed by atoms with E-state index < -0.39 is 24.3 Å². The van der Waals surface area contributed by atoms with Crippen molar-refractivity contribution in [1.29, 1.82) is 0 Å². The highest BCUT2D eigenvalue weighted by Gasteiger charge is 2.49. The summed E-state index contributed by atoms with van der Waals surface area (Å²) in [6, 6.07) is -0.993. The topological polar surface area (TPSA) is 88.5 Å². The number of aliphatic hydroxyl groups excluding tert-OH is 1. The molecule has 2 saturated heterocycles. The minimum absolute atomic E-state index is 0.321. The van der Waals surface area contributed by atoms with E-state index in [-0.39, 0.29) is 5.91 Å². The van der Waals surface area contributed by atoms with Crippen LogP contribution in [0.25, 0.3) is 0 Å². The van der Waals surface area contributed by atoms with Gasteiger partial charge in [-0.15, -0.1) is 0 Å². The van der Waals surface area contributed by atoms with Crippen molar-refractivity contribution in [3.8, 4) is 0 Å². The van der Waals surface area contributed by atoms with Crippen molar-refractivity contribution >= 4 is 17.9 Å². The number of urea groups is 1. The number of guanidine groups is 1. The van der Waals surface area contributed by atoms with Crippen LogP contribution in [0.2, 0.25) is 0 Å². The van der Waals surface area contributed by atoms with Gasteiger partial charge in [-0.05, 0) is 25.7 Å². The number of aliphatic imine (C=N–C) groups is 1. The first-order valence-electron chi connectivity index (χ1n) is 8.23. The summed E-state index contributed by atoms with van der Waals surface area (Å²) in [6.45, 7) is 6.02. The van der Waals surface area contributed by atoms with Gasteiger partial charge in [0.15, 0.2) is 18.2 Å². The summed E-state index contributed by atoms with van der Waals surface area (Å²) < 4.78 is 0. The van der Waals surface area contributed by atoms with Crippen LogP contribution in [0.15, 0.2) is 4.99 Å². The molecule has 23 heavy (non-hydrogen) atoms. The lowest BCUT2D eigenvalue weighted by atomic mass is 9.99. The Labute approximate surface area is 136 Å². The first-order valence-corrected chi connectivity index (χ1v) is 8.23. The molecular formula is C15H25N5O3. The molecule has 0 radical (unpaired) electrons. The van der Waals surface area contributed by atoms with Crippen molar-refractivity contribution < 1.29 is 14.7 Å². The van der Waals surface area contributed by atoms with E-state index in [0.29, 0.717) is 12.5 Å². The Morgan fingerprint density at radius 2 is 2.00 bits per heavy atom. The summed E-state index contributed by atoms with van der Waals surface area (Å²) in [5.41, 5.74) is 0. The first-order chi connectivity index (χ1) is 10.9. The Morgan fingerprint density at radius 3 is 2.61 bits per heavy atom. The SMILES string of the molecule is CC(O)CN1C(N2CCC(C)CC2)=NC2C1C(=O)NC(=O)N2C. The molecule has 0 aliphatic carbocycles. The average Bonchev–Trinajstić information content (AvgIpc) is 2.85. The van der Waals surface area contributed by atoms with Crippen molar-refractivity contribution in [2.45, 2.75) is 45.0 Å². The van der Waals surface area contributed by atoms with E-state index in [0.717, 1.165) is 31.9 Å². The molecule has 0 bridgehead atoms. The van der Waals surface area contributed by atoms with Crippen molar-refractivity contribution in [3.05, 3.63) is 0 Å². The fourth-order valence-corrected chi connectivity index (χ4v) is 3.46. The predicted molar refractivity (Wildman–Crippen MR) is 84.7 cm³/mol. The average molecular weight is 323 g/mol. The van der Waals surface area contributed by atoms with Gasteiger partial charge in [0.25, 0.3) is 5.91 Å². The third-order valence-corrected chi connectivity index (χ3v) is 4.87. The van der Waals surface area contributed by atoms with E-state index in [1.54, 1.807) is 14.0 Å². The fourth-order valence-electron chi connectivity index (χ4n) is 3.46. The van der Waals surface area contributed by atoms with Crippen LogP contribution in [0.5, 0.6) is 0 Å². The molecule has 128 valence electrons. The van der Waals surface area contributed by atoms with Gasteiger partial charge in [-0.2, -0.15) is 0 Å². The molecule has 0 saturated carbocycles. The number of imide groups is 1. The van der Waals surface area contributed by atoms with E-state index in [1.807, 2.05) is 4.90 Å². The molecule has 3 aliphatic rings. The number of amides is 3. The molecule has 0 aromatic rings. The number of rotatable bonds is 2. The lowest BCUT2D eigenvalue weighted by Crippen LogP contribution is -2.65. The first kappa shape index (κ1) is 16.0. The normalized spacial score (nSPS) is 30.3. The molecule has 0 spiro atoms. The van der Waals surface area contributed by atoms with Crippen LogP contribution in [0.1, 0.15) is 26.7 Å². The third-order valence-electron chi connectivity index (χ3n) is 4.87. The number of aliphatic hydroxyl groups is 1. The van der Waals surface area contributed by atoms with Crippen molar-refractivity contribution in [3.63, 3.8) is 0 Å². The maximum Gasteiger partial charge on any atom is 0.325 e. The highest BCUT2D eigenvalue weighted by molar-refractivity contribution is 6.03. The van der Waals surface area contributed by atoms with Gasteiger partial charge >= 0.3 is 6.03 Å². The number of likely N-dealkylation sites (N-methyl/N-ethyl adjacent to an activating group) is 1. The van der Waals surface area contributed by atoms with E-state index in [9.17, 15) is 14.7 Å². The molecule has 2 N–H and O–H groups in total. The van der Waals surface area contributed by atoms with Crippen LogP contribution in [0.4, 0.5) is 4.79 Å². The quantitative estimate of drug-likeness (QED) is 0.725. The molecule has 3 amide bonds. The number of hydrogen-bond acceptors (Lipinski definition) is 6. The Kier molecular flexibility index (Phi) is 4.18. The lowest BCUT2D eigenvalue weighted by molar-refractivity contribution is -0.127. The molecule has 3 unspecified atom stereocenters. The van der Waals surface area contributed by atoms with Crippen molar-refractivity contribution in [1.82, 2.24) is 20.0 Å². The number of piperidine rings is 1. The minimum atomic E-state index is -0.585. The number of nitrogens with zero attached hydrogens (tertiary/aromatic N) is 4. The van der Waals surface area contributed by atoms with Crippen LogP contribution in [-0.4, -0.2) is 82.7 Å². The summed E-state index contributed by atoms with van der Waals surface area (Å²) in [7, 11) is 1.64. The maximum absolute atomic E-state index is 12.3. The standard InChI is InChI=1S/C15H25N5O3/c1-9-4-6-19(7-5-9)14-16-12-11(20(14)8-10(2)21)13(22)17-15(23)18(12)3/h9-12,21H,4-8H2,1-3H3,(H,17,22,23). The molecule has 0 aromatic heterocycles. The summed E-state index contributed by atoms with van der Waals surface area (Å²) >= 11 is 0. The van der Waals surface area contributed by atoms with Crippen LogP contribution in [0.3, 0.4) is 0 Å². The number of nitrogens with one attached hydrogen (secondary N) is 1. The maximum atomic E-state index is 12.3. The van der Waals surface area contributed by atoms with Gasteiger partial charge in [-0.1, -0.05) is 6.92 Å². The van der Waals surface area contributed by atoms with E-state index in [2.05, 4.69) is 22.1 Å². The summed E-state index contributed by atoms with van der Waals surface area (Å²) in [5, 5.41) is 12.2. The van der Waals surface area contributed by atoms with Gasteiger partial charge in [0, 0.05) is 26.7 Å². The molecular weight excluding hydrogens is 298 g/mol. The Balaban J connectivity index is 1.88. The molecule has 2 fully saturated rings. The second-order valence-electron chi connectivity index (χ2n) is 6.86. The molecule has 0 aromatic carbocycles. The van der Waals surface area contributed by atoms with E-state index in [1.165, 1.54) is 4.90 Å². The van der Waals surface area contributed by atoms with Gasteiger partial charge in [-0.25, -0.2) is 9.79 Å². The monoisotopic (exact) mass is 323 g/mol. The van der Waals surface area contributed by atoms with Crippen LogP contribution in [-0.2, 0) is 4.79 Å². The highest BCUT2D eigenvalue weighted by atomic mass is 16.3. The Morgan fingerprint density at radius 1 is 1.35 bits per heavy atom. The molecule has 8 nitrogen and oxygen atoms in total. The number of carbonyl (C=O) groups is 2. The van der Waals surface area contributed by atoms with Crippen molar-refractivity contribution in [2.24, 2.45) is 10.9 Å². The van der Waals surface area contributed by atoms with Gasteiger partial charge in [0.2, 0.25) is 0 Å². The number of carbonyl (C=O) groups excluding carboxylic acids is 2. The zero-order valence-electron chi connectivity index (χ0n) is 13.9. The van der Waals surface area contributed by atoms with Gasteiger partial charge in [-0.3, -0.25) is 10.1 Å². The Hall–Kier alpha value is -1.83. The summed E-state index contributed by atoms with van der Waals surface area (Å²) in [5.74, 6) is 1.07. The Bertz CT molecular complexity index is 527. The number of fused-ring (bicyclic) bond motifs is 1. The number of β-amino-alcohol motifs (C(OH)–C–C–N with tert-alkyl or cyclic N) is 1. The highest BCUT2D eigenvalue weighted by Crippen LogP contribution is 2.27. The zero-order chi connectivity index (χ0) is 16.7. The molecule has 3 heterocycles. The van der Waals surface area contributed by atoms with Gasteiger partial charge in [0.1, 0.15) is 0 Å². The van der Waals surface area contributed by atoms with Crippen LogP contribution in [0, 0.1) is 5.92 Å². The summed E-state index contributed by atoms with van der Waals surface area (Å²) in [6.07, 6.45) is 1.05. The van der Waals surface area contributed by atoms with E-state index in [4.69, 9.17) is 0 Å². The lowest BCUT2D eigenvalue weighted by Gasteiger charge is -2.39. The molecule has 3 rings (SSSR count). The second-order valence-corrected chi connectivity index (χ2v) is 6.86. The van der Waals surface area contributed by atoms with Crippen LogP contribution < -0.4 is 5.32 Å². The van der Waals surface area contributed by atoms with Crippen molar-refractivity contribution in [2.75, 3.05) is 26.7 Å². The number of likely N-dealkylation sites (tertiary alicyclic amines) is 1. The van der Waals surface area contributed by atoms with Crippen LogP contribution >= 0.6 is 0 Å². The smallest absolute Gasteiger partial charge is 0.325 e. The molecule has 3 aliphatic heterocycles. The molecule has 8 heteroatoms. The largest absolute Gasteiger partial charge is 0.392 e. The van der Waals surface area contributed by atoms with Gasteiger partial charge in [0.05, 0.1) is 6.10 Å². The predicted octanol–water partition coefficient (Wildman–Crippen LogP) is -0.353. The minimum Gasteiger partial charge on any atom is -0.392 e. The molecule has 3 atom stereocenters. The van der Waals surface area contributed by atoms with Gasteiger partial charge < -0.3 is 19.8 Å². The summed E-state index contributed by atoms with van der Waals surface area (Å²) in [4.78, 5) is 34.3. The fraction of sp³-hybridized carbons (Fsp3) is 0.800. The zero-order valence-corrected chi connectivity index (χ0v) is 13.9. The van der Waals surface area contributed by atoms with E-state index >= 15 is 0 Å². The second kappa shape index (κ2) is 5.99.